The minimum Gasteiger partial charge on any atom is -0.496 e. The molecular weight excluding hydrogens is 346 g/mol. The molecule has 0 unspecified atom stereocenters. The van der Waals surface area contributed by atoms with Crippen LogP contribution in [-0.2, 0) is 0 Å². The van der Waals surface area contributed by atoms with E-state index in [0.717, 1.165) is 22.7 Å². The van der Waals surface area contributed by atoms with Crippen molar-refractivity contribution in [2.75, 3.05) is 19.5 Å². The van der Waals surface area contributed by atoms with Gasteiger partial charge in [-0.05, 0) is 22.9 Å². The quantitative estimate of drug-likeness (QED) is 0.838. The first-order chi connectivity index (χ1) is 9.55. The Kier molecular flexibility index (Phi) is 4.67. The number of benzene rings is 1. The van der Waals surface area contributed by atoms with Crippen molar-refractivity contribution in [2.45, 2.75) is 6.92 Å². The number of nitrogens with one attached hydrogen (secondary N) is 1. The summed E-state index contributed by atoms with van der Waals surface area (Å²) >= 11 is 9.18. The van der Waals surface area contributed by atoms with E-state index < -0.39 is 0 Å². The molecule has 0 spiro atoms. The van der Waals surface area contributed by atoms with Crippen molar-refractivity contribution in [3.63, 3.8) is 0 Å². The molecule has 0 aliphatic rings. The van der Waals surface area contributed by atoms with E-state index in [1.54, 1.807) is 20.4 Å². The monoisotopic (exact) mass is 357 g/mol. The van der Waals surface area contributed by atoms with E-state index >= 15 is 0 Å². The van der Waals surface area contributed by atoms with E-state index in [4.69, 9.17) is 21.1 Å². The smallest absolute Gasteiger partial charge is 0.228 e. The lowest BCUT2D eigenvalue weighted by Crippen LogP contribution is -2.00. The van der Waals surface area contributed by atoms with E-state index in [9.17, 15) is 0 Å². The molecule has 2 aromatic rings. The fourth-order valence-electron chi connectivity index (χ4n) is 1.69. The zero-order valence-corrected chi connectivity index (χ0v) is 13.5. The van der Waals surface area contributed by atoms with Gasteiger partial charge in [0.15, 0.2) is 0 Å². The van der Waals surface area contributed by atoms with Crippen molar-refractivity contribution in [2.24, 2.45) is 0 Å². The highest BCUT2D eigenvalue weighted by Gasteiger charge is 2.10. The van der Waals surface area contributed by atoms with Crippen LogP contribution in [0.15, 0.2) is 22.8 Å². The molecule has 1 N–H and O–H groups in total. The second kappa shape index (κ2) is 6.28. The Bertz CT molecular complexity index is 612. The Balaban J connectivity index is 2.35. The topological polar surface area (TPSA) is 56.3 Å². The maximum Gasteiger partial charge on any atom is 0.228 e. The highest BCUT2D eigenvalue weighted by atomic mass is 79.9. The lowest BCUT2D eigenvalue weighted by molar-refractivity contribution is 0.389. The first-order valence-electron chi connectivity index (χ1n) is 5.73. The molecule has 0 aliphatic heterocycles. The molecule has 0 fully saturated rings. The summed E-state index contributed by atoms with van der Waals surface area (Å²) in [6, 6.07) is 3.69. The summed E-state index contributed by atoms with van der Waals surface area (Å²) in [4.78, 5) is 8.25. The van der Waals surface area contributed by atoms with E-state index in [2.05, 4.69) is 31.2 Å². The molecule has 1 aromatic heterocycles. The van der Waals surface area contributed by atoms with Gasteiger partial charge in [0.2, 0.25) is 5.95 Å². The number of rotatable bonds is 4. The highest BCUT2D eigenvalue weighted by molar-refractivity contribution is 9.10. The molecule has 1 heterocycles. The van der Waals surface area contributed by atoms with Gasteiger partial charge in [0.05, 0.1) is 18.7 Å². The molecule has 1 aromatic carbocycles. The fourth-order valence-corrected chi connectivity index (χ4v) is 2.01. The first-order valence-corrected chi connectivity index (χ1v) is 6.90. The minimum atomic E-state index is 0.341. The zero-order chi connectivity index (χ0) is 14.7. The van der Waals surface area contributed by atoms with Gasteiger partial charge in [-0.2, -0.15) is 4.98 Å². The number of aromatic nitrogens is 2. The molecule has 106 valence electrons. The third-order valence-electron chi connectivity index (χ3n) is 2.71. The number of nitrogens with zero attached hydrogens (tertiary/aromatic N) is 2. The van der Waals surface area contributed by atoms with Gasteiger partial charge >= 0.3 is 0 Å². The lowest BCUT2D eigenvalue weighted by Gasteiger charge is -2.13. The van der Waals surface area contributed by atoms with E-state index in [1.165, 1.54) is 0 Å². The van der Waals surface area contributed by atoms with Crippen LogP contribution in [0, 0.1) is 6.92 Å². The van der Waals surface area contributed by atoms with Gasteiger partial charge in [-0.25, -0.2) is 4.98 Å². The van der Waals surface area contributed by atoms with Gasteiger partial charge < -0.3 is 14.8 Å². The molecule has 2 rings (SSSR count). The molecule has 20 heavy (non-hydrogen) atoms. The van der Waals surface area contributed by atoms with Crippen LogP contribution in [0.4, 0.5) is 11.6 Å². The van der Waals surface area contributed by atoms with Crippen LogP contribution in [0.5, 0.6) is 11.5 Å². The number of hydrogen-bond donors (Lipinski definition) is 1. The van der Waals surface area contributed by atoms with Crippen molar-refractivity contribution in [1.82, 2.24) is 9.97 Å². The first kappa shape index (κ1) is 14.9. The van der Waals surface area contributed by atoms with Crippen LogP contribution < -0.4 is 14.8 Å². The molecule has 7 heteroatoms. The van der Waals surface area contributed by atoms with E-state index in [-0.39, 0.29) is 0 Å². The van der Waals surface area contributed by atoms with Crippen molar-refractivity contribution < 1.29 is 9.47 Å². The Labute approximate surface area is 130 Å². The van der Waals surface area contributed by atoms with Gasteiger partial charge in [0.1, 0.15) is 16.7 Å². The molecule has 0 saturated heterocycles. The van der Waals surface area contributed by atoms with Crippen LogP contribution in [-0.4, -0.2) is 24.2 Å². The second-order valence-electron chi connectivity index (χ2n) is 3.96. The molecule has 0 bridgehead atoms. The second-order valence-corrected chi connectivity index (χ2v) is 5.18. The maximum absolute atomic E-state index is 5.94. The fraction of sp³-hybridized carbons (Fsp3) is 0.231. The van der Waals surface area contributed by atoms with Crippen molar-refractivity contribution in [3.05, 3.63) is 33.5 Å². The Morgan fingerprint density at radius 1 is 1.20 bits per heavy atom. The predicted octanol–water partition coefficient (Wildman–Crippen LogP) is 3.96. The SMILES string of the molecule is COc1cc(Nc2ncc(Br)c(Cl)n2)cc(OC)c1C. The largest absolute Gasteiger partial charge is 0.496 e. The van der Waals surface area contributed by atoms with Crippen molar-refractivity contribution in [1.29, 1.82) is 0 Å². The predicted molar refractivity (Wildman–Crippen MR) is 82.3 cm³/mol. The normalized spacial score (nSPS) is 10.2. The lowest BCUT2D eigenvalue weighted by atomic mass is 10.2. The van der Waals surface area contributed by atoms with Crippen LogP contribution in [0.3, 0.4) is 0 Å². The number of methoxy groups -OCH3 is 2. The molecule has 0 atom stereocenters. The van der Waals surface area contributed by atoms with Crippen LogP contribution >= 0.6 is 27.5 Å². The molecule has 0 aliphatic carbocycles. The Morgan fingerprint density at radius 3 is 2.30 bits per heavy atom. The molecule has 0 radical (unpaired) electrons. The Morgan fingerprint density at radius 2 is 1.80 bits per heavy atom. The number of halogens is 2. The summed E-state index contributed by atoms with van der Waals surface area (Å²) < 4.78 is 11.3. The summed E-state index contributed by atoms with van der Waals surface area (Å²) in [5, 5.41) is 3.40. The van der Waals surface area contributed by atoms with Gasteiger partial charge in [-0.15, -0.1) is 0 Å². The van der Waals surface area contributed by atoms with Crippen LogP contribution in [0.25, 0.3) is 0 Å². The summed E-state index contributed by atoms with van der Waals surface area (Å²) in [6.45, 7) is 1.93. The number of hydrogen-bond acceptors (Lipinski definition) is 5. The standard InChI is InChI=1S/C13H13BrClN3O2/c1-7-10(19-2)4-8(5-11(7)20-3)17-13-16-6-9(14)12(15)18-13/h4-6H,1-3H3,(H,16,17,18). The van der Waals surface area contributed by atoms with Gasteiger partial charge in [-0.1, -0.05) is 11.6 Å². The van der Waals surface area contributed by atoms with Crippen LogP contribution in [0.1, 0.15) is 5.56 Å². The molecule has 0 saturated carbocycles. The Hall–Kier alpha value is -1.53. The highest BCUT2D eigenvalue weighted by Crippen LogP contribution is 2.33. The van der Waals surface area contributed by atoms with Gasteiger partial charge in [-0.3, -0.25) is 0 Å². The summed E-state index contributed by atoms with van der Waals surface area (Å²) in [6.07, 6.45) is 1.58. The average molecular weight is 359 g/mol. The molecular formula is C13H13BrClN3O2. The third kappa shape index (κ3) is 3.13. The maximum atomic E-state index is 5.94. The zero-order valence-electron chi connectivity index (χ0n) is 11.2. The van der Waals surface area contributed by atoms with Crippen molar-refractivity contribution >= 4 is 39.2 Å². The number of anilines is 2. The van der Waals surface area contributed by atoms with Crippen molar-refractivity contribution in [3.8, 4) is 11.5 Å². The molecule has 0 amide bonds. The van der Waals surface area contributed by atoms with Gasteiger partial charge in [0.25, 0.3) is 0 Å². The minimum absolute atomic E-state index is 0.341. The van der Waals surface area contributed by atoms with Gasteiger partial charge in [0, 0.05) is 29.6 Å². The summed E-state index contributed by atoms with van der Waals surface area (Å²) in [5.74, 6) is 1.83. The van der Waals surface area contributed by atoms with Crippen LogP contribution in [0.2, 0.25) is 5.15 Å². The number of ether oxygens (including phenoxy) is 2. The van der Waals surface area contributed by atoms with E-state index in [1.807, 2.05) is 19.1 Å². The summed E-state index contributed by atoms with van der Waals surface area (Å²) in [5.41, 5.74) is 1.68. The molecule has 5 nitrogen and oxygen atoms in total. The van der Waals surface area contributed by atoms with E-state index in [0.29, 0.717) is 15.6 Å². The third-order valence-corrected chi connectivity index (χ3v) is 3.81. The average Bonchev–Trinajstić information content (AvgIpc) is 2.44. The summed E-state index contributed by atoms with van der Waals surface area (Å²) in [7, 11) is 3.22.